The second kappa shape index (κ2) is 7.70. The Morgan fingerprint density at radius 3 is 2.22 bits per heavy atom. The zero-order valence-electron chi connectivity index (χ0n) is 15.8. The fraction of sp³-hybridized carbons (Fsp3) is 0.350. The Labute approximate surface area is 160 Å². The lowest BCUT2D eigenvalue weighted by Gasteiger charge is -2.24. The first kappa shape index (κ1) is 19.4. The van der Waals surface area contributed by atoms with E-state index < -0.39 is 10.0 Å². The van der Waals surface area contributed by atoms with Gasteiger partial charge in [-0.1, -0.05) is 17.7 Å². The van der Waals surface area contributed by atoms with Crippen molar-refractivity contribution in [2.45, 2.75) is 24.3 Å². The summed E-state index contributed by atoms with van der Waals surface area (Å²) in [7, 11) is -0.318. The van der Waals surface area contributed by atoms with Crippen LogP contribution < -0.4 is 9.62 Å². The number of aryl methyl sites for hydroxylation is 1. The third-order valence-electron chi connectivity index (χ3n) is 5.06. The number of rotatable bonds is 5. The van der Waals surface area contributed by atoms with Gasteiger partial charge in [0.25, 0.3) is 15.9 Å². The summed E-state index contributed by atoms with van der Waals surface area (Å²) in [5.74, 6) is -0.0562. The molecular formula is C20H25N3O3S. The van der Waals surface area contributed by atoms with Crippen LogP contribution in [0.2, 0.25) is 0 Å². The van der Waals surface area contributed by atoms with Gasteiger partial charge in [-0.2, -0.15) is 0 Å². The van der Waals surface area contributed by atoms with E-state index in [-0.39, 0.29) is 16.8 Å². The topological polar surface area (TPSA) is 69.7 Å². The van der Waals surface area contributed by atoms with E-state index in [9.17, 15) is 13.2 Å². The summed E-state index contributed by atoms with van der Waals surface area (Å²) in [6, 6.07) is 13.6. The first-order valence-electron chi connectivity index (χ1n) is 8.94. The Hall–Kier alpha value is -2.38. The van der Waals surface area contributed by atoms with Crippen molar-refractivity contribution in [1.29, 1.82) is 0 Å². The number of nitrogens with zero attached hydrogens (tertiary/aromatic N) is 2. The normalized spacial score (nSPS) is 16.9. The highest BCUT2D eigenvalue weighted by atomic mass is 32.2. The van der Waals surface area contributed by atoms with Crippen molar-refractivity contribution in [2.24, 2.45) is 0 Å². The summed E-state index contributed by atoms with van der Waals surface area (Å²) in [4.78, 5) is 14.6. The molecule has 144 valence electrons. The SMILES string of the molecule is Cc1ccc(S(=O)(=O)N(C)c2ccc(C(=O)N(C)C3CCNC3)cc2)cc1. The zero-order valence-corrected chi connectivity index (χ0v) is 16.7. The quantitative estimate of drug-likeness (QED) is 0.854. The summed E-state index contributed by atoms with van der Waals surface area (Å²) in [6.45, 7) is 3.63. The van der Waals surface area contributed by atoms with Crippen LogP contribution in [0.15, 0.2) is 53.4 Å². The summed E-state index contributed by atoms with van der Waals surface area (Å²) in [5, 5.41) is 3.25. The molecule has 2 aromatic rings. The molecule has 0 saturated carbocycles. The van der Waals surface area contributed by atoms with Gasteiger partial charge in [-0.25, -0.2) is 8.42 Å². The van der Waals surface area contributed by atoms with Gasteiger partial charge in [0, 0.05) is 32.2 Å². The Morgan fingerprint density at radius 1 is 1.04 bits per heavy atom. The zero-order chi connectivity index (χ0) is 19.6. The highest BCUT2D eigenvalue weighted by molar-refractivity contribution is 7.92. The van der Waals surface area contributed by atoms with Crippen molar-refractivity contribution < 1.29 is 13.2 Å². The second-order valence-electron chi connectivity index (χ2n) is 6.90. The lowest BCUT2D eigenvalue weighted by molar-refractivity contribution is 0.0744. The number of anilines is 1. The summed E-state index contributed by atoms with van der Waals surface area (Å²) >= 11 is 0. The van der Waals surface area contributed by atoms with Crippen molar-refractivity contribution in [3.8, 4) is 0 Å². The summed E-state index contributed by atoms with van der Waals surface area (Å²) in [5.41, 5.74) is 2.06. The number of amides is 1. The van der Waals surface area contributed by atoms with Crippen LogP contribution in [0.3, 0.4) is 0 Å². The molecule has 1 heterocycles. The monoisotopic (exact) mass is 387 g/mol. The molecule has 1 saturated heterocycles. The minimum absolute atomic E-state index is 0.0562. The highest BCUT2D eigenvalue weighted by Crippen LogP contribution is 2.23. The van der Waals surface area contributed by atoms with Crippen LogP contribution in [0.25, 0.3) is 0 Å². The van der Waals surface area contributed by atoms with Gasteiger partial charge in [-0.05, 0) is 56.3 Å². The number of nitrogens with one attached hydrogen (secondary N) is 1. The molecule has 1 aliphatic heterocycles. The molecule has 0 radical (unpaired) electrons. The number of carbonyl (C=O) groups excluding carboxylic acids is 1. The van der Waals surface area contributed by atoms with Crippen LogP contribution >= 0.6 is 0 Å². The van der Waals surface area contributed by atoms with E-state index in [0.29, 0.717) is 11.3 Å². The Kier molecular flexibility index (Phi) is 5.53. The number of hydrogen-bond acceptors (Lipinski definition) is 4. The predicted molar refractivity (Wildman–Crippen MR) is 107 cm³/mol. The first-order chi connectivity index (χ1) is 12.8. The number of hydrogen-bond donors (Lipinski definition) is 1. The van der Waals surface area contributed by atoms with Crippen LogP contribution in [0.5, 0.6) is 0 Å². The largest absolute Gasteiger partial charge is 0.337 e. The van der Waals surface area contributed by atoms with Crippen LogP contribution in [0.1, 0.15) is 22.3 Å². The predicted octanol–water partition coefficient (Wildman–Crippen LogP) is 2.25. The van der Waals surface area contributed by atoms with Gasteiger partial charge in [-0.15, -0.1) is 0 Å². The summed E-state index contributed by atoms with van der Waals surface area (Å²) < 4.78 is 26.8. The van der Waals surface area contributed by atoms with E-state index in [2.05, 4.69) is 5.32 Å². The van der Waals surface area contributed by atoms with E-state index in [0.717, 1.165) is 25.1 Å². The van der Waals surface area contributed by atoms with Gasteiger partial charge >= 0.3 is 0 Å². The fourth-order valence-corrected chi connectivity index (χ4v) is 4.36. The number of sulfonamides is 1. The number of carbonyl (C=O) groups is 1. The molecule has 1 unspecified atom stereocenters. The molecule has 1 N–H and O–H groups in total. The minimum Gasteiger partial charge on any atom is -0.337 e. The van der Waals surface area contributed by atoms with E-state index in [1.165, 1.54) is 11.4 Å². The van der Waals surface area contributed by atoms with Gasteiger partial charge < -0.3 is 10.2 Å². The van der Waals surface area contributed by atoms with Gasteiger partial charge in [0.1, 0.15) is 0 Å². The fourth-order valence-electron chi connectivity index (χ4n) is 3.16. The number of likely N-dealkylation sites (N-methyl/N-ethyl adjacent to an activating group) is 1. The van der Waals surface area contributed by atoms with Crippen molar-refractivity contribution >= 4 is 21.6 Å². The molecule has 6 nitrogen and oxygen atoms in total. The van der Waals surface area contributed by atoms with Crippen LogP contribution in [0.4, 0.5) is 5.69 Å². The molecule has 1 atom stereocenters. The Bertz CT molecular complexity index is 902. The summed E-state index contributed by atoms with van der Waals surface area (Å²) in [6.07, 6.45) is 0.942. The lowest BCUT2D eigenvalue weighted by atomic mass is 10.1. The second-order valence-corrected chi connectivity index (χ2v) is 8.86. The minimum atomic E-state index is -3.64. The molecule has 0 bridgehead atoms. The third kappa shape index (κ3) is 3.99. The Morgan fingerprint density at radius 2 is 1.67 bits per heavy atom. The maximum Gasteiger partial charge on any atom is 0.264 e. The molecule has 1 fully saturated rings. The van der Waals surface area contributed by atoms with E-state index in [4.69, 9.17) is 0 Å². The van der Waals surface area contributed by atoms with E-state index in [1.54, 1.807) is 53.4 Å². The van der Waals surface area contributed by atoms with E-state index in [1.807, 2.05) is 14.0 Å². The lowest BCUT2D eigenvalue weighted by Crippen LogP contribution is -2.38. The van der Waals surface area contributed by atoms with Gasteiger partial charge in [-0.3, -0.25) is 9.10 Å². The van der Waals surface area contributed by atoms with Crippen molar-refractivity contribution in [1.82, 2.24) is 10.2 Å². The standard InChI is InChI=1S/C20H25N3O3S/c1-15-4-10-19(11-5-15)27(25,26)23(3)17-8-6-16(7-9-17)20(24)22(2)18-12-13-21-14-18/h4-11,18,21H,12-14H2,1-3H3. The van der Waals surface area contributed by atoms with Crippen molar-refractivity contribution in [3.63, 3.8) is 0 Å². The van der Waals surface area contributed by atoms with Crippen LogP contribution in [-0.4, -0.2) is 52.5 Å². The molecule has 27 heavy (non-hydrogen) atoms. The van der Waals surface area contributed by atoms with Gasteiger partial charge in [0.2, 0.25) is 0 Å². The Balaban J connectivity index is 1.78. The average Bonchev–Trinajstić information content (AvgIpc) is 3.21. The van der Waals surface area contributed by atoms with Crippen molar-refractivity contribution in [3.05, 3.63) is 59.7 Å². The molecule has 3 rings (SSSR count). The third-order valence-corrected chi connectivity index (χ3v) is 6.86. The molecule has 0 spiro atoms. The van der Waals surface area contributed by atoms with Crippen LogP contribution in [0, 0.1) is 6.92 Å². The first-order valence-corrected chi connectivity index (χ1v) is 10.4. The number of benzene rings is 2. The van der Waals surface area contributed by atoms with Crippen LogP contribution in [-0.2, 0) is 10.0 Å². The maximum atomic E-state index is 12.8. The molecule has 1 aliphatic rings. The van der Waals surface area contributed by atoms with Gasteiger partial charge in [0.05, 0.1) is 10.6 Å². The molecule has 1 amide bonds. The maximum absolute atomic E-state index is 12.8. The molecule has 7 heteroatoms. The van der Waals surface area contributed by atoms with E-state index >= 15 is 0 Å². The van der Waals surface area contributed by atoms with Crippen molar-refractivity contribution in [2.75, 3.05) is 31.5 Å². The molecule has 2 aromatic carbocycles. The van der Waals surface area contributed by atoms with Gasteiger partial charge in [0.15, 0.2) is 0 Å². The smallest absolute Gasteiger partial charge is 0.264 e. The molecule has 0 aromatic heterocycles. The highest BCUT2D eigenvalue weighted by Gasteiger charge is 2.25. The molecular weight excluding hydrogens is 362 g/mol. The molecule has 0 aliphatic carbocycles. The average molecular weight is 388 g/mol.